The van der Waals surface area contributed by atoms with Gasteiger partial charge >= 0.3 is 0 Å². The minimum Gasteiger partial charge on any atom is -0.369 e. The Kier molecular flexibility index (Phi) is 3.96. The van der Waals surface area contributed by atoms with Gasteiger partial charge in [-0.3, -0.25) is 4.79 Å². The monoisotopic (exact) mass is 294 g/mol. The highest BCUT2D eigenvalue weighted by molar-refractivity contribution is 6.30. The number of halogens is 1. The van der Waals surface area contributed by atoms with E-state index in [4.69, 9.17) is 16.3 Å². The maximum absolute atomic E-state index is 12.3. The molecule has 1 aromatic carbocycles. The molecular formula is C15H19ClN2O2. The summed E-state index contributed by atoms with van der Waals surface area (Å²) in [6.07, 6.45) is 2.06. The van der Waals surface area contributed by atoms with E-state index in [2.05, 4.69) is 5.32 Å². The van der Waals surface area contributed by atoms with Crippen molar-refractivity contribution < 1.29 is 9.53 Å². The second-order valence-electron chi connectivity index (χ2n) is 5.61. The van der Waals surface area contributed by atoms with Crippen molar-refractivity contribution in [3.05, 3.63) is 34.9 Å². The number of hydrogen-bond donors (Lipinski definition) is 1. The van der Waals surface area contributed by atoms with Gasteiger partial charge in [0.15, 0.2) is 0 Å². The first kappa shape index (κ1) is 13.9. The summed E-state index contributed by atoms with van der Waals surface area (Å²) >= 11 is 6.04. The fourth-order valence-electron chi connectivity index (χ4n) is 3.13. The molecule has 1 atom stereocenters. The number of carbonyl (C=O) groups excluding carboxylic acids is 1. The third-order valence-electron chi connectivity index (χ3n) is 4.15. The zero-order valence-electron chi connectivity index (χ0n) is 11.4. The highest BCUT2D eigenvalue weighted by Gasteiger charge is 2.43. The molecule has 1 unspecified atom stereocenters. The lowest BCUT2D eigenvalue weighted by Crippen LogP contribution is -2.65. The van der Waals surface area contributed by atoms with Crippen LogP contribution in [0.15, 0.2) is 24.3 Å². The highest BCUT2D eigenvalue weighted by atomic mass is 35.5. The van der Waals surface area contributed by atoms with Crippen molar-refractivity contribution in [2.75, 3.05) is 26.3 Å². The van der Waals surface area contributed by atoms with Crippen molar-refractivity contribution in [1.29, 1.82) is 0 Å². The summed E-state index contributed by atoms with van der Waals surface area (Å²) in [4.78, 5) is 14.3. The minimum absolute atomic E-state index is 0.0694. The number of carbonyl (C=O) groups is 1. The Bertz CT molecular complexity index is 495. The van der Waals surface area contributed by atoms with Gasteiger partial charge < -0.3 is 15.0 Å². The van der Waals surface area contributed by atoms with Crippen LogP contribution in [0.1, 0.15) is 18.4 Å². The van der Waals surface area contributed by atoms with E-state index in [-0.39, 0.29) is 18.1 Å². The predicted octanol–water partition coefficient (Wildman–Crippen LogP) is 1.82. The average Bonchev–Trinajstić information content (AvgIpc) is 2.44. The molecule has 2 heterocycles. The van der Waals surface area contributed by atoms with Crippen molar-refractivity contribution in [1.82, 2.24) is 10.2 Å². The van der Waals surface area contributed by atoms with Crippen molar-refractivity contribution >= 4 is 17.5 Å². The number of ether oxygens (including phenoxy) is 1. The number of nitrogens with one attached hydrogen (secondary N) is 1. The lowest BCUT2D eigenvalue weighted by molar-refractivity contribution is -0.161. The van der Waals surface area contributed by atoms with Crippen molar-refractivity contribution in [2.24, 2.45) is 0 Å². The summed E-state index contributed by atoms with van der Waals surface area (Å²) < 4.78 is 5.51. The van der Waals surface area contributed by atoms with E-state index in [0.29, 0.717) is 18.2 Å². The van der Waals surface area contributed by atoms with Crippen molar-refractivity contribution in [3.63, 3.8) is 0 Å². The Hall–Kier alpha value is -1.10. The normalized spacial score (nSPS) is 27.1. The van der Waals surface area contributed by atoms with E-state index in [1.54, 1.807) is 0 Å². The zero-order chi connectivity index (χ0) is 14.0. The molecule has 1 spiro atoms. The number of rotatable bonds is 2. The summed E-state index contributed by atoms with van der Waals surface area (Å²) in [7, 11) is 0. The molecular weight excluding hydrogens is 276 g/mol. The standard InChI is InChI=1S/C15H19ClN2O2/c16-13-4-1-3-12(7-13)8-18-14(19)9-20-11-15(18)5-2-6-17-10-15/h1,3-4,7,17H,2,5-6,8-11H2. The Morgan fingerprint density at radius 2 is 2.35 bits per heavy atom. The maximum atomic E-state index is 12.3. The van der Waals surface area contributed by atoms with Gasteiger partial charge in [-0.2, -0.15) is 0 Å². The lowest BCUT2D eigenvalue weighted by atomic mass is 9.87. The second-order valence-corrected chi connectivity index (χ2v) is 6.04. The minimum atomic E-state index is -0.199. The number of amides is 1. The van der Waals surface area contributed by atoms with E-state index in [0.717, 1.165) is 31.5 Å². The van der Waals surface area contributed by atoms with Crippen LogP contribution in [0.25, 0.3) is 0 Å². The van der Waals surface area contributed by atoms with Gasteiger partial charge in [-0.05, 0) is 37.1 Å². The molecule has 0 bridgehead atoms. The SMILES string of the molecule is O=C1COCC2(CCCNC2)N1Cc1cccc(Cl)c1. The summed E-state index contributed by atoms with van der Waals surface area (Å²) in [6, 6.07) is 7.71. The smallest absolute Gasteiger partial charge is 0.249 e. The topological polar surface area (TPSA) is 41.6 Å². The van der Waals surface area contributed by atoms with Crippen LogP contribution in [0, 0.1) is 0 Å². The lowest BCUT2D eigenvalue weighted by Gasteiger charge is -2.49. The number of hydrogen-bond acceptors (Lipinski definition) is 3. The van der Waals surface area contributed by atoms with Gasteiger partial charge in [0.1, 0.15) is 6.61 Å². The van der Waals surface area contributed by atoms with Crippen LogP contribution < -0.4 is 5.32 Å². The van der Waals surface area contributed by atoms with Gasteiger partial charge in [0.25, 0.3) is 0 Å². The molecule has 2 fully saturated rings. The average molecular weight is 295 g/mol. The fourth-order valence-corrected chi connectivity index (χ4v) is 3.34. The van der Waals surface area contributed by atoms with Gasteiger partial charge in [-0.15, -0.1) is 0 Å². The van der Waals surface area contributed by atoms with E-state index in [1.807, 2.05) is 29.2 Å². The van der Waals surface area contributed by atoms with Crippen LogP contribution in [0.4, 0.5) is 0 Å². The molecule has 3 rings (SSSR count). The molecule has 2 saturated heterocycles. The highest BCUT2D eigenvalue weighted by Crippen LogP contribution is 2.30. The molecule has 4 nitrogen and oxygen atoms in total. The van der Waals surface area contributed by atoms with E-state index >= 15 is 0 Å². The molecule has 1 aromatic rings. The first-order chi connectivity index (χ1) is 9.70. The van der Waals surface area contributed by atoms with Gasteiger partial charge in [-0.1, -0.05) is 23.7 Å². The number of morpholine rings is 1. The number of piperidine rings is 1. The van der Waals surface area contributed by atoms with Gasteiger partial charge in [-0.25, -0.2) is 0 Å². The quantitative estimate of drug-likeness (QED) is 0.905. The van der Waals surface area contributed by atoms with Crippen LogP contribution in [0.3, 0.4) is 0 Å². The van der Waals surface area contributed by atoms with Crippen LogP contribution in [-0.2, 0) is 16.1 Å². The third-order valence-corrected chi connectivity index (χ3v) is 4.38. The third kappa shape index (κ3) is 2.68. The molecule has 1 amide bonds. The predicted molar refractivity (Wildman–Crippen MR) is 77.7 cm³/mol. The van der Waals surface area contributed by atoms with E-state index in [1.165, 1.54) is 0 Å². The summed E-state index contributed by atoms with van der Waals surface area (Å²) in [5.74, 6) is 0.0694. The van der Waals surface area contributed by atoms with Crippen molar-refractivity contribution in [2.45, 2.75) is 24.9 Å². The van der Waals surface area contributed by atoms with Crippen LogP contribution in [0.5, 0.6) is 0 Å². The first-order valence-corrected chi connectivity index (χ1v) is 7.41. The molecule has 0 aromatic heterocycles. The number of nitrogens with zero attached hydrogens (tertiary/aromatic N) is 1. The molecule has 2 aliphatic rings. The Balaban J connectivity index is 1.84. The Morgan fingerprint density at radius 3 is 3.10 bits per heavy atom. The molecule has 2 aliphatic heterocycles. The number of benzene rings is 1. The molecule has 1 N–H and O–H groups in total. The van der Waals surface area contributed by atoms with Gasteiger partial charge in [0, 0.05) is 18.1 Å². The zero-order valence-corrected chi connectivity index (χ0v) is 12.2. The van der Waals surface area contributed by atoms with E-state index in [9.17, 15) is 4.79 Å². The largest absolute Gasteiger partial charge is 0.369 e. The van der Waals surface area contributed by atoms with Gasteiger partial charge in [0.2, 0.25) is 5.91 Å². The summed E-state index contributed by atoms with van der Waals surface area (Å²) in [6.45, 7) is 3.22. The van der Waals surface area contributed by atoms with Crippen LogP contribution in [0.2, 0.25) is 5.02 Å². The molecule has 108 valence electrons. The summed E-state index contributed by atoms with van der Waals surface area (Å²) in [5.41, 5.74) is 0.869. The van der Waals surface area contributed by atoms with Gasteiger partial charge in [0.05, 0.1) is 12.1 Å². The Labute approximate surface area is 124 Å². The Morgan fingerprint density at radius 1 is 1.45 bits per heavy atom. The molecule has 5 heteroatoms. The summed E-state index contributed by atoms with van der Waals surface area (Å²) in [5, 5.41) is 4.10. The molecule has 20 heavy (non-hydrogen) atoms. The molecule has 0 saturated carbocycles. The van der Waals surface area contributed by atoms with Crippen LogP contribution >= 0.6 is 11.6 Å². The van der Waals surface area contributed by atoms with E-state index < -0.39 is 0 Å². The first-order valence-electron chi connectivity index (χ1n) is 7.03. The fraction of sp³-hybridized carbons (Fsp3) is 0.533. The molecule has 0 radical (unpaired) electrons. The van der Waals surface area contributed by atoms with Crippen molar-refractivity contribution in [3.8, 4) is 0 Å². The second kappa shape index (κ2) is 5.72. The molecule has 0 aliphatic carbocycles. The maximum Gasteiger partial charge on any atom is 0.249 e. The van der Waals surface area contributed by atoms with Crippen LogP contribution in [-0.4, -0.2) is 42.6 Å².